The van der Waals surface area contributed by atoms with Crippen LogP contribution in [0.2, 0.25) is 0 Å². The first-order valence-corrected chi connectivity index (χ1v) is 9.10. The minimum Gasteiger partial charge on any atom is -0.497 e. The van der Waals surface area contributed by atoms with E-state index in [9.17, 15) is 0 Å². The van der Waals surface area contributed by atoms with Crippen molar-refractivity contribution in [3.8, 4) is 5.75 Å². The first-order valence-electron chi connectivity index (χ1n) is 9.10. The number of aliphatic hydroxyl groups excluding tert-OH is 1. The Hall–Kier alpha value is -1.84. The van der Waals surface area contributed by atoms with Crippen LogP contribution in [-0.4, -0.2) is 43.4 Å². The maximum atomic E-state index is 9.08. The molecule has 1 heterocycles. The molecule has 0 aromatic heterocycles. The lowest BCUT2D eigenvalue weighted by Crippen LogP contribution is -2.24. The highest BCUT2D eigenvalue weighted by molar-refractivity contribution is 5.26. The Kier molecular flexibility index (Phi) is 7.96. The Morgan fingerprint density at radius 2 is 1.84 bits per heavy atom. The van der Waals surface area contributed by atoms with Crippen LogP contribution in [0.15, 0.2) is 48.5 Å². The van der Waals surface area contributed by atoms with Gasteiger partial charge in [-0.1, -0.05) is 47.5 Å². The highest BCUT2D eigenvalue weighted by atomic mass is 16.5. The zero-order valence-electron chi connectivity index (χ0n) is 15.7. The van der Waals surface area contributed by atoms with E-state index < -0.39 is 0 Å². The fourth-order valence-electron chi connectivity index (χ4n) is 3.09. The smallest absolute Gasteiger partial charge is 0.118 e. The summed E-state index contributed by atoms with van der Waals surface area (Å²) in [6, 6.07) is 16.7. The maximum Gasteiger partial charge on any atom is 0.118 e. The maximum absolute atomic E-state index is 9.08. The number of aryl methyl sites for hydroxylation is 2. The molecule has 3 heteroatoms. The van der Waals surface area contributed by atoms with Gasteiger partial charge in [0.15, 0.2) is 0 Å². The van der Waals surface area contributed by atoms with Crippen molar-refractivity contribution in [3.05, 3.63) is 65.2 Å². The monoisotopic (exact) mass is 341 g/mol. The van der Waals surface area contributed by atoms with Crippen LogP contribution in [0.3, 0.4) is 0 Å². The van der Waals surface area contributed by atoms with Crippen molar-refractivity contribution >= 4 is 0 Å². The fourth-order valence-corrected chi connectivity index (χ4v) is 3.09. The second-order valence-corrected chi connectivity index (χ2v) is 6.89. The summed E-state index contributed by atoms with van der Waals surface area (Å²) in [6.07, 6.45) is 2.28. The molecule has 0 amide bonds. The molecule has 0 saturated carbocycles. The Balaban J connectivity index is 0.000000212. The zero-order chi connectivity index (χ0) is 18.1. The molecule has 136 valence electrons. The lowest BCUT2D eigenvalue weighted by Gasteiger charge is -2.15. The van der Waals surface area contributed by atoms with Crippen LogP contribution in [-0.2, 0) is 6.42 Å². The number of ether oxygens (including phenoxy) is 1. The summed E-state index contributed by atoms with van der Waals surface area (Å²) >= 11 is 0. The fraction of sp³-hybridized carbons (Fsp3) is 0.455. The number of nitrogens with zero attached hydrogens (tertiary/aromatic N) is 1. The molecule has 1 N–H and O–H groups in total. The quantitative estimate of drug-likeness (QED) is 0.896. The van der Waals surface area contributed by atoms with Crippen molar-refractivity contribution < 1.29 is 9.84 Å². The van der Waals surface area contributed by atoms with E-state index in [0.717, 1.165) is 38.2 Å². The van der Waals surface area contributed by atoms with Crippen molar-refractivity contribution in [2.45, 2.75) is 26.7 Å². The average molecular weight is 341 g/mol. The molecule has 1 fully saturated rings. The van der Waals surface area contributed by atoms with Gasteiger partial charge in [-0.05, 0) is 56.8 Å². The second-order valence-electron chi connectivity index (χ2n) is 6.89. The van der Waals surface area contributed by atoms with E-state index in [1.807, 2.05) is 24.3 Å². The molecule has 0 bridgehead atoms. The highest BCUT2D eigenvalue weighted by Crippen LogP contribution is 2.16. The van der Waals surface area contributed by atoms with Crippen LogP contribution in [0.5, 0.6) is 5.75 Å². The van der Waals surface area contributed by atoms with Crippen LogP contribution in [0, 0.1) is 19.8 Å². The molecule has 1 aliphatic heterocycles. The average Bonchev–Trinajstić information content (AvgIpc) is 3.09. The molecule has 0 radical (unpaired) electrons. The predicted molar refractivity (Wildman–Crippen MR) is 104 cm³/mol. The molecule has 3 nitrogen and oxygen atoms in total. The van der Waals surface area contributed by atoms with Crippen LogP contribution in [0.1, 0.15) is 23.1 Å². The van der Waals surface area contributed by atoms with E-state index in [1.54, 1.807) is 7.11 Å². The minimum atomic E-state index is 0.348. The van der Waals surface area contributed by atoms with E-state index in [-0.39, 0.29) is 0 Å². The molecule has 0 aliphatic carbocycles. The van der Waals surface area contributed by atoms with Gasteiger partial charge in [-0.15, -0.1) is 0 Å². The number of methoxy groups -OCH3 is 1. The normalized spacial score (nSPS) is 17.0. The highest BCUT2D eigenvalue weighted by Gasteiger charge is 2.20. The summed E-state index contributed by atoms with van der Waals surface area (Å²) in [5, 5.41) is 9.08. The largest absolute Gasteiger partial charge is 0.497 e. The summed E-state index contributed by atoms with van der Waals surface area (Å²) in [7, 11) is 1.67. The number of benzene rings is 2. The molecular weight excluding hydrogens is 310 g/mol. The van der Waals surface area contributed by atoms with Crippen molar-refractivity contribution in [1.29, 1.82) is 0 Å². The van der Waals surface area contributed by atoms with Gasteiger partial charge in [-0.3, -0.25) is 0 Å². The minimum absolute atomic E-state index is 0.348. The summed E-state index contributed by atoms with van der Waals surface area (Å²) < 4.78 is 4.97. The van der Waals surface area contributed by atoms with E-state index in [1.165, 1.54) is 16.7 Å². The second kappa shape index (κ2) is 10.2. The molecular formula is C22H31NO2. The first-order chi connectivity index (χ1) is 12.1. The summed E-state index contributed by atoms with van der Waals surface area (Å²) in [4.78, 5) is 2.46. The molecule has 25 heavy (non-hydrogen) atoms. The third kappa shape index (κ3) is 6.89. The van der Waals surface area contributed by atoms with Crippen LogP contribution >= 0.6 is 0 Å². The summed E-state index contributed by atoms with van der Waals surface area (Å²) in [5.74, 6) is 1.43. The Morgan fingerprint density at radius 1 is 1.08 bits per heavy atom. The molecule has 1 saturated heterocycles. The van der Waals surface area contributed by atoms with Crippen molar-refractivity contribution in [3.63, 3.8) is 0 Å². The van der Waals surface area contributed by atoms with Crippen LogP contribution in [0.25, 0.3) is 0 Å². The number of likely N-dealkylation sites (tertiary alicyclic amines) is 1. The molecule has 3 rings (SSSR count). The lowest BCUT2D eigenvalue weighted by atomic mass is 10.1. The van der Waals surface area contributed by atoms with Gasteiger partial charge in [-0.25, -0.2) is 0 Å². The number of rotatable bonds is 5. The first kappa shape index (κ1) is 19.5. The van der Waals surface area contributed by atoms with Gasteiger partial charge in [0, 0.05) is 19.7 Å². The summed E-state index contributed by atoms with van der Waals surface area (Å²) in [5.41, 5.74) is 4.02. The van der Waals surface area contributed by atoms with Gasteiger partial charge in [-0.2, -0.15) is 0 Å². The van der Waals surface area contributed by atoms with E-state index in [0.29, 0.717) is 12.5 Å². The van der Waals surface area contributed by atoms with Gasteiger partial charge in [0.2, 0.25) is 0 Å². The van der Waals surface area contributed by atoms with Crippen LogP contribution < -0.4 is 4.74 Å². The van der Waals surface area contributed by atoms with Gasteiger partial charge in [0.05, 0.1) is 7.11 Å². The van der Waals surface area contributed by atoms with E-state index in [4.69, 9.17) is 9.84 Å². The van der Waals surface area contributed by atoms with Gasteiger partial charge in [0.25, 0.3) is 0 Å². The van der Waals surface area contributed by atoms with Crippen molar-refractivity contribution in [2.75, 3.05) is 33.4 Å². The third-order valence-corrected chi connectivity index (χ3v) is 4.68. The third-order valence-electron chi connectivity index (χ3n) is 4.68. The molecule has 1 atom stereocenters. The summed E-state index contributed by atoms with van der Waals surface area (Å²) in [6.45, 7) is 7.89. The van der Waals surface area contributed by atoms with Crippen molar-refractivity contribution in [1.82, 2.24) is 4.90 Å². The standard InChI is InChI=1S/C14H21NO.C8H10O/c1-12-3-2-4-13(9-12)5-7-15-8-6-14(10-15)11-16;1-7-3-5-8(9-2)6-4-7/h2-4,9,14,16H,5-8,10-11H2,1H3;3-6H,1-2H3. The van der Waals surface area contributed by atoms with Crippen molar-refractivity contribution in [2.24, 2.45) is 5.92 Å². The molecule has 1 unspecified atom stereocenters. The van der Waals surface area contributed by atoms with E-state index in [2.05, 4.69) is 43.0 Å². The Labute approximate surface area is 152 Å². The predicted octanol–water partition coefficient (Wildman–Crippen LogP) is 3.86. The molecule has 0 spiro atoms. The SMILES string of the molecule is COc1ccc(C)cc1.Cc1cccc(CCN2CCC(CO)C2)c1. The van der Waals surface area contributed by atoms with Crippen LogP contribution in [0.4, 0.5) is 0 Å². The number of aliphatic hydroxyl groups is 1. The number of hydrogen-bond acceptors (Lipinski definition) is 3. The topological polar surface area (TPSA) is 32.7 Å². The van der Waals surface area contributed by atoms with Gasteiger partial charge in [0.1, 0.15) is 5.75 Å². The number of hydrogen-bond donors (Lipinski definition) is 1. The Morgan fingerprint density at radius 3 is 2.44 bits per heavy atom. The molecule has 2 aromatic carbocycles. The molecule has 1 aliphatic rings. The van der Waals surface area contributed by atoms with Gasteiger partial charge >= 0.3 is 0 Å². The Bertz CT molecular complexity index is 624. The zero-order valence-corrected chi connectivity index (χ0v) is 15.7. The molecule has 2 aromatic rings. The van der Waals surface area contributed by atoms with Gasteiger partial charge < -0.3 is 14.7 Å². The van der Waals surface area contributed by atoms with E-state index >= 15 is 0 Å². The lowest BCUT2D eigenvalue weighted by molar-refractivity contribution is 0.222.